The highest BCUT2D eigenvalue weighted by atomic mass is 16.6. The smallest absolute Gasteiger partial charge is 0.415 e. The van der Waals surface area contributed by atoms with E-state index in [0.29, 0.717) is 25.8 Å². The van der Waals surface area contributed by atoms with E-state index >= 15 is 0 Å². The summed E-state index contributed by atoms with van der Waals surface area (Å²) in [7, 11) is 0. The van der Waals surface area contributed by atoms with Crippen molar-refractivity contribution in [3.8, 4) is 6.07 Å². The van der Waals surface area contributed by atoms with E-state index in [9.17, 15) is 9.59 Å². The lowest BCUT2D eigenvalue weighted by atomic mass is 9.89. The molecule has 1 amide bonds. The van der Waals surface area contributed by atoms with Crippen LogP contribution in [-0.4, -0.2) is 36.2 Å². The number of piperidine rings is 1. The molecule has 1 aliphatic rings. The number of rotatable bonds is 4. The minimum absolute atomic E-state index is 0.104. The van der Waals surface area contributed by atoms with Crippen LogP contribution in [0.5, 0.6) is 0 Å². The van der Waals surface area contributed by atoms with Gasteiger partial charge in [0.1, 0.15) is 6.04 Å². The van der Waals surface area contributed by atoms with Crippen LogP contribution in [0.25, 0.3) is 0 Å². The molecule has 0 spiro atoms. The maximum Gasteiger partial charge on any atom is 0.415 e. The van der Waals surface area contributed by atoms with Crippen molar-refractivity contribution in [1.29, 1.82) is 5.26 Å². The number of likely N-dealkylation sites (tertiary alicyclic amines) is 1. The summed E-state index contributed by atoms with van der Waals surface area (Å²) in [5, 5.41) is 8.72. The third kappa shape index (κ3) is 3.98. The Hall–Kier alpha value is -2.03. The second kappa shape index (κ2) is 7.41. The molecule has 0 bridgehead atoms. The quantitative estimate of drug-likeness (QED) is 0.573. The van der Waals surface area contributed by atoms with E-state index in [-0.39, 0.29) is 12.5 Å². The molecule has 6 nitrogen and oxygen atoms in total. The Morgan fingerprint density at radius 2 is 2.32 bits per heavy atom. The van der Waals surface area contributed by atoms with Crippen LogP contribution >= 0.6 is 0 Å². The largest absolute Gasteiger partial charge is 0.464 e. The molecule has 2 unspecified atom stereocenters. The number of nitriles is 1. The number of carbonyl (C=O) groups is 2. The molecule has 19 heavy (non-hydrogen) atoms. The number of hydrogen-bond acceptors (Lipinski definition) is 5. The topological polar surface area (TPSA) is 79.6 Å². The Morgan fingerprint density at radius 1 is 1.58 bits per heavy atom. The molecule has 1 aliphatic heterocycles. The normalized spacial score (nSPS) is 22.2. The van der Waals surface area contributed by atoms with Gasteiger partial charge in [0.25, 0.3) is 0 Å². The molecule has 0 aromatic carbocycles. The average Bonchev–Trinajstić information content (AvgIpc) is 2.39. The van der Waals surface area contributed by atoms with Gasteiger partial charge in [0.05, 0.1) is 18.9 Å². The van der Waals surface area contributed by atoms with Crippen LogP contribution in [0.4, 0.5) is 4.79 Å². The predicted molar refractivity (Wildman–Crippen MR) is 66.8 cm³/mol. The SMILES string of the molecule is C=COC(=O)N1CCC(CC#N)CC1C(=O)OCC. The lowest BCUT2D eigenvalue weighted by Crippen LogP contribution is -2.50. The summed E-state index contributed by atoms with van der Waals surface area (Å²) in [5.74, 6) is -0.349. The van der Waals surface area contributed by atoms with E-state index in [0.717, 1.165) is 6.26 Å². The average molecular weight is 266 g/mol. The summed E-state index contributed by atoms with van der Waals surface area (Å²) in [6.45, 7) is 5.66. The highest BCUT2D eigenvalue weighted by Crippen LogP contribution is 2.26. The van der Waals surface area contributed by atoms with Gasteiger partial charge in [-0.25, -0.2) is 9.59 Å². The molecule has 1 fully saturated rings. The second-order valence-electron chi connectivity index (χ2n) is 4.26. The number of esters is 1. The van der Waals surface area contributed by atoms with Crippen LogP contribution in [0.1, 0.15) is 26.2 Å². The Morgan fingerprint density at radius 3 is 2.89 bits per heavy atom. The van der Waals surface area contributed by atoms with Gasteiger partial charge < -0.3 is 9.47 Å². The van der Waals surface area contributed by atoms with Crippen LogP contribution in [-0.2, 0) is 14.3 Å². The summed E-state index contributed by atoms with van der Waals surface area (Å²) < 4.78 is 9.68. The van der Waals surface area contributed by atoms with Crippen molar-refractivity contribution in [1.82, 2.24) is 4.90 Å². The fraction of sp³-hybridized carbons (Fsp3) is 0.615. The molecule has 1 saturated heterocycles. The molecule has 0 aliphatic carbocycles. The number of ether oxygens (including phenoxy) is 2. The highest BCUT2D eigenvalue weighted by Gasteiger charge is 2.37. The Balaban J connectivity index is 2.78. The number of carbonyl (C=O) groups excluding carboxylic acids is 2. The molecule has 6 heteroatoms. The van der Waals surface area contributed by atoms with Gasteiger partial charge in [0.2, 0.25) is 0 Å². The Kier molecular flexibility index (Phi) is 5.86. The maximum absolute atomic E-state index is 11.9. The molecule has 0 aromatic heterocycles. The van der Waals surface area contributed by atoms with Gasteiger partial charge in [-0.05, 0) is 25.7 Å². The van der Waals surface area contributed by atoms with E-state index in [4.69, 9.17) is 14.7 Å². The third-order valence-electron chi connectivity index (χ3n) is 3.07. The van der Waals surface area contributed by atoms with Gasteiger partial charge in [0, 0.05) is 13.0 Å². The second-order valence-corrected chi connectivity index (χ2v) is 4.26. The molecule has 1 heterocycles. The summed E-state index contributed by atoms with van der Waals surface area (Å²) in [5.41, 5.74) is 0. The lowest BCUT2D eigenvalue weighted by molar-refractivity contribution is -0.150. The van der Waals surface area contributed by atoms with Crippen molar-refractivity contribution in [3.05, 3.63) is 12.8 Å². The van der Waals surface area contributed by atoms with Crippen LogP contribution in [0.2, 0.25) is 0 Å². The first-order valence-electron chi connectivity index (χ1n) is 6.25. The highest BCUT2D eigenvalue weighted by molar-refractivity contribution is 5.81. The number of hydrogen-bond donors (Lipinski definition) is 0. The van der Waals surface area contributed by atoms with Gasteiger partial charge >= 0.3 is 12.1 Å². The monoisotopic (exact) mass is 266 g/mol. The standard InChI is InChI=1S/C13H18N2O4/c1-3-18-12(16)11-9-10(5-7-14)6-8-15(11)13(17)19-4-2/h4,10-11H,2-3,5-6,8-9H2,1H3. The van der Waals surface area contributed by atoms with Gasteiger partial charge in [0.15, 0.2) is 0 Å². The van der Waals surface area contributed by atoms with E-state index < -0.39 is 18.1 Å². The summed E-state index contributed by atoms with van der Waals surface area (Å²) >= 11 is 0. The first kappa shape index (κ1) is 15.0. The molecule has 2 atom stereocenters. The minimum atomic E-state index is -0.681. The van der Waals surface area contributed by atoms with Gasteiger partial charge in [-0.15, -0.1) is 0 Å². The first-order chi connectivity index (χ1) is 9.13. The zero-order valence-corrected chi connectivity index (χ0v) is 11.0. The number of nitrogens with zero attached hydrogens (tertiary/aromatic N) is 2. The fourth-order valence-corrected chi connectivity index (χ4v) is 2.17. The lowest BCUT2D eigenvalue weighted by Gasteiger charge is -2.36. The summed E-state index contributed by atoms with van der Waals surface area (Å²) in [6.07, 6.45) is 1.91. The third-order valence-corrected chi connectivity index (χ3v) is 3.07. The van der Waals surface area contributed by atoms with E-state index in [2.05, 4.69) is 12.6 Å². The van der Waals surface area contributed by atoms with E-state index in [1.807, 2.05) is 0 Å². The van der Waals surface area contributed by atoms with Crippen LogP contribution < -0.4 is 0 Å². The summed E-state index contributed by atoms with van der Waals surface area (Å²) in [4.78, 5) is 25.0. The van der Waals surface area contributed by atoms with Crippen LogP contribution in [0, 0.1) is 17.2 Å². The zero-order chi connectivity index (χ0) is 14.3. The van der Waals surface area contributed by atoms with E-state index in [1.165, 1.54) is 4.90 Å². The van der Waals surface area contributed by atoms with Crippen molar-refractivity contribution >= 4 is 12.1 Å². The van der Waals surface area contributed by atoms with Crippen molar-refractivity contribution in [2.24, 2.45) is 5.92 Å². The van der Waals surface area contributed by atoms with Crippen molar-refractivity contribution in [2.45, 2.75) is 32.2 Å². The van der Waals surface area contributed by atoms with E-state index in [1.54, 1.807) is 6.92 Å². The predicted octanol–water partition coefficient (Wildman–Crippen LogP) is 1.82. The van der Waals surface area contributed by atoms with Crippen molar-refractivity contribution < 1.29 is 19.1 Å². The number of amides is 1. The molecule has 0 N–H and O–H groups in total. The molecule has 0 aromatic rings. The molecular formula is C13H18N2O4. The molecule has 0 radical (unpaired) electrons. The van der Waals surface area contributed by atoms with Crippen LogP contribution in [0.3, 0.4) is 0 Å². The molecule has 1 rings (SSSR count). The molecule has 104 valence electrons. The first-order valence-corrected chi connectivity index (χ1v) is 6.25. The van der Waals surface area contributed by atoms with Crippen LogP contribution in [0.15, 0.2) is 12.8 Å². The maximum atomic E-state index is 11.9. The minimum Gasteiger partial charge on any atom is -0.464 e. The van der Waals surface area contributed by atoms with Gasteiger partial charge in [-0.3, -0.25) is 4.90 Å². The zero-order valence-electron chi connectivity index (χ0n) is 11.0. The van der Waals surface area contributed by atoms with Gasteiger partial charge in [-0.2, -0.15) is 5.26 Å². The molecular weight excluding hydrogens is 248 g/mol. The fourth-order valence-electron chi connectivity index (χ4n) is 2.17. The van der Waals surface area contributed by atoms with Gasteiger partial charge in [-0.1, -0.05) is 6.58 Å². The summed E-state index contributed by atoms with van der Waals surface area (Å²) in [6, 6.07) is 1.41. The van der Waals surface area contributed by atoms with Crippen molar-refractivity contribution in [3.63, 3.8) is 0 Å². The molecule has 0 saturated carbocycles. The Labute approximate surface area is 112 Å². The van der Waals surface area contributed by atoms with Crippen molar-refractivity contribution in [2.75, 3.05) is 13.2 Å². The Bertz CT molecular complexity index is 389.